The molecule has 1 aliphatic rings. The van der Waals surface area contributed by atoms with E-state index in [1.807, 2.05) is 19.9 Å². The van der Waals surface area contributed by atoms with Gasteiger partial charge in [0, 0.05) is 0 Å². The summed E-state index contributed by atoms with van der Waals surface area (Å²) in [4.78, 5) is 0. The first-order chi connectivity index (χ1) is 6.83. The predicted octanol–water partition coefficient (Wildman–Crippen LogP) is 3.38. The molecule has 2 heteroatoms. The van der Waals surface area contributed by atoms with Crippen LogP contribution in [0.25, 0.3) is 0 Å². The van der Waals surface area contributed by atoms with Gasteiger partial charge in [0.05, 0.1) is 13.2 Å². The zero-order valence-electron chi connectivity index (χ0n) is 9.95. The Hall–Kier alpha value is -0.340. The molecule has 0 radical (unpaired) electrons. The minimum atomic E-state index is -0.0749. The van der Waals surface area contributed by atoms with Gasteiger partial charge in [-0.05, 0) is 18.4 Å². The van der Waals surface area contributed by atoms with E-state index in [2.05, 4.69) is 19.9 Å². The lowest BCUT2D eigenvalue weighted by Crippen LogP contribution is -2.02. The third kappa shape index (κ3) is 6.17. The van der Waals surface area contributed by atoms with Gasteiger partial charge in [-0.25, -0.2) is 0 Å². The van der Waals surface area contributed by atoms with Crippen LogP contribution < -0.4 is 0 Å². The average Bonchev–Trinajstić information content (AvgIpc) is 2.73. The molecule has 1 saturated heterocycles. The number of hydrogen-bond donors (Lipinski definition) is 0. The molecule has 0 spiro atoms. The number of allylic oxidation sites excluding steroid dienone is 1. The van der Waals surface area contributed by atoms with Gasteiger partial charge in [0.1, 0.15) is 0 Å². The standard InChI is InChI=1S/C10H18O2.C2H6/c1-3-9(2)5-4-6-10-11-7-8-12-10;1-2/h4,6,9-10H,3,5,7-8H2,1-2H3;1-2H3/b6-4+;. The van der Waals surface area contributed by atoms with Crippen molar-refractivity contribution >= 4 is 0 Å². The molecule has 14 heavy (non-hydrogen) atoms. The Morgan fingerprint density at radius 3 is 2.36 bits per heavy atom. The molecule has 2 nitrogen and oxygen atoms in total. The summed E-state index contributed by atoms with van der Waals surface area (Å²) in [5, 5.41) is 0. The molecule has 0 amide bonds. The average molecular weight is 200 g/mol. The Bertz CT molecular complexity index is 137. The van der Waals surface area contributed by atoms with Gasteiger partial charge in [-0.1, -0.05) is 40.2 Å². The van der Waals surface area contributed by atoms with Crippen molar-refractivity contribution in [1.29, 1.82) is 0 Å². The number of ether oxygens (including phenoxy) is 2. The van der Waals surface area contributed by atoms with E-state index >= 15 is 0 Å². The largest absolute Gasteiger partial charge is 0.347 e. The van der Waals surface area contributed by atoms with Crippen LogP contribution in [0.2, 0.25) is 0 Å². The maximum Gasteiger partial charge on any atom is 0.177 e. The lowest BCUT2D eigenvalue weighted by Gasteiger charge is -2.04. The molecule has 1 fully saturated rings. The number of rotatable bonds is 4. The summed E-state index contributed by atoms with van der Waals surface area (Å²) in [5.74, 6) is 0.766. The van der Waals surface area contributed by atoms with Crippen LogP contribution >= 0.6 is 0 Å². The third-order valence-electron chi connectivity index (χ3n) is 2.18. The summed E-state index contributed by atoms with van der Waals surface area (Å²) in [6, 6.07) is 0. The van der Waals surface area contributed by atoms with Crippen molar-refractivity contribution in [2.45, 2.75) is 46.8 Å². The van der Waals surface area contributed by atoms with Crippen molar-refractivity contribution in [3.8, 4) is 0 Å². The molecule has 1 heterocycles. The first-order valence-corrected chi connectivity index (χ1v) is 5.72. The van der Waals surface area contributed by atoms with Crippen LogP contribution in [0, 0.1) is 5.92 Å². The quantitative estimate of drug-likeness (QED) is 0.648. The van der Waals surface area contributed by atoms with Crippen LogP contribution in [0.3, 0.4) is 0 Å². The maximum absolute atomic E-state index is 5.26. The first kappa shape index (κ1) is 13.7. The lowest BCUT2D eigenvalue weighted by molar-refractivity contribution is -0.00177. The molecule has 0 aromatic rings. The summed E-state index contributed by atoms with van der Waals surface area (Å²) < 4.78 is 10.5. The minimum Gasteiger partial charge on any atom is -0.347 e. The number of hydrogen-bond acceptors (Lipinski definition) is 2. The smallest absolute Gasteiger partial charge is 0.177 e. The van der Waals surface area contributed by atoms with Crippen molar-refractivity contribution in [2.24, 2.45) is 5.92 Å². The second-order valence-corrected chi connectivity index (χ2v) is 3.29. The van der Waals surface area contributed by atoms with Crippen LogP contribution in [0.4, 0.5) is 0 Å². The second kappa shape index (κ2) is 9.22. The van der Waals surface area contributed by atoms with E-state index in [1.54, 1.807) is 0 Å². The Labute approximate surface area is 88.3 Å². The highest BCUT2D eigenvalue weighted by atomic mass is 16.7. The molecule has 1 aliphatic heterocycles. The normalized spacial score (nSPS) is 19.4. The molecule has 1 unspecified atom stereocenters. The molecule has 1 rings (SSSR count). The molecule has 0 aromatic heterocycles. The summed E-state index contributed by atoms with van der Waals surface area (Å²) in [5.41, 5.74) is 0. The zero-order chi connectivity index (χ0) is 10.8. The minimum absolute atomic E-state index is 0.0749. The lowest BCUT2D eigenvalue weighted by atomic mass is 10.1. The molecule has 0 bridgehead atoms. The van der Waals surface area contributed by atoms with E-state index in [1.165, 1.54) is 6.42 Å². The van der Waals surface area contributed by atoms with Gasteiger partial charge in [-0.2, -0.15) is 0 Å². The van der Waals surface area contributed by atoms with Crippen molar-refractivity contribution in [3.05, 3.63) is 12.2 Å². The summed E-state index contributed by atoms with van der Waals surface area (Å²) in [6.45, 7) is 9.93. The second-order valence-electron chi connectivity index (χ2n) is 3.29. The van der Waals surface area contributed by atoms with Gasteiger partial charge in [-0.3, -0.25) is 0 Å². The summed E-state index contributed by atoms with van der Waals surface area (Å²) >= 11 is 0. The van der Waals surface area contributed by atoms with Gasteiger partial charge in [-0.15, -0.1) is 0 Å². The van der Waals surface area contributed by atoms with Crippen LogP contribution in [0.1, 0.15) is 40.5 Å². The van der Waals surface area contributed by atoms with Crippen LogP contribution in [-0.4, -0.2) is 19.5 Å². The van der Waals surface area contributed by atoms with Gasteiger partial charge < -0.3 is 9.47 Å². The molecule has 84 valence electrons. The fourth-order valence-corrected chi connectivity index (χ4v) is 1.08. The van der Waals surface area contributed by atoms with E-state index in [9.17, 15) is 0 Å². The van der Waals surface area contributed by atoms with E-state index in [-0.39, 0.29) is 6.29 Å². The Balaban J connectivity index is 0.000000791. The van der Waals surface area contributed by atoms with Crippen molar-refractivity contribution in [2.75, 3.05) is 13.2 Å². The molecule has 0 N–H and O–H groups in total. The Morgan fingerprint density at radius 1 is 1.29 bits per heavy atom. The molecule has 1 atom stereocenters. The fourth-order valence-electron chi connectivity index (χ4n) is 1.08. The first-order valence-electron chi connectivity index (χ1n) is 5.72. The summed E-state index contributed by atoms with van der Waals surface area (Å²) in [7, 11) is 0. The van der Waals surface area contributed by atoms with Gasteiger partial charge >= 0.3 is 0 Å². The highest BCUT2D eigenvalue weighted by molar-refractivity contribution is 4.87. The molecular formula is C12H24O2. The van der Waals surface area contributed by atoms with Crippen molar-refractivity contribution in [1.82, 2.24) is 0 Å². The highest BCUT2D eigenvalue weighted by Gasteiger charge is 2.11. The van der Waals surface area contributed by atoms with Gasteiger partial charge in [0.25, 0.3) is 0 Å². The van der Waals surface area contributed by atoms with E-state index in [0.29, 0.717) is 0 Å². The van der Waals surface area contributed by atoms with Crippen molar-refractivity contribution in [3.63, 3.8) is 0 Å². The molecule has 0 aliphatic carbocycles. The Kier molecular flexibility index (Phi) is 9.00. The molecule has 0 saturated carbocycles. The highest BCUT2D eigenvalue weighted by Crippen LogP contribution is 2.09. The predicted molar refractivity (Wildman–Crippen MR) is 60.3 cm³/mol. The van der Waals surface area contributed by atoms with Crippen LogP contribution in [0.5, 0.6) is 0 Å². The van der Waals surface area contributed by atoms with Crippen molar-refractivity contribution < 1.29 is 9.47 Å². The van der Waals surface area contributed by atoms with E-state index in [4.69, 9.17) is 9.47 Å². The molecular weight excluding hydrogens is 176 g/mol. The van der Waals surface area contributed by atoms with Gasteiger partial charge in [0.15, 0.2) is 6.29 Å². The Morgan fingerprint density at radius 2 is 1.86 bits per heavy atom. The topological polar surface area (TPSA) is 18.5 Å². The molecule has 0 aromatic carbocycles. The third-order valence-corrected chi connectivity index (χ3v) is 2.18. The monoisotopic (exact) mass is 200 g/mol. The van der Waals surface area contributed by atoms with Crippen LogP contribution in [0.15, 0.2) is 12.2 Å². The summed E-state index contributed by atoms with van der Waals surface area (Å²) in [6.07, 6.45) is 6.45. The van der Waals surface area contributed by atoms with Gasteiger partial charge in [0.2, 0.25) is 0 Å². The maximum atomic E-state index is 5.26. The zero-order valence-corrected chi connectivity index (χ0v) is 9.95. The fraction of sp³-hybridized carbons (Fsp3) is 0.833. The van der Waals surface area contributed by atoms with E-state index in [0.717, 1.165) is 25.6 Å². The SMILES string of the molecule is CC.CCC(C)C/C=C/C1OCCO1. The van der Waals surface area contributed by atoms with Crippen LogP contribution in [-0.2, 0) is 9.47 Å². The van der Waals surface area contributed by atoms with E-state index < -0.39 is 0 Å².